The molecule has 1 amide bonds. The van der Waals surface area contributed by atoms with Crippen molar-refractivity contribution in [1.82, 2.24) is 9.78 Å². The van der Waals surface area contributed by atoms with Gasteiger partial charge in [0.15, 0.2) is 15.0 Å². The Morgan fingerprint density at radius 1 is 1.37 bits per heavy atom. The number of likely N-dealkylation sites (tertiary alicyclic amines) is 1. The number of hydrogen-bond donors (Lipinski definition) is 2. The van der Waals surface area contributed by atoms with Gasteiger partial charge in [-0.25, -0.2) is 0 Å². The van der Waals surface area contributed by atoms with Gasteiger partial charge in [-0.15, -0.1) is 5.10 Å². The third-order valence-electron chi connectivity index (χ3n) is 4.61. The van der Waals surface area contributed by atoms with Crippen molar-refractivity contribution in [3.05, 3.63) is 34.3 Å². The lowest BCUT2D eigenvalue weighted by atomic mass is 9.96. The summed E-state index contributed by atoms with van der Waals surface area (Å²) in [5, 5.41) is 7.71. The van der Waals surface area contributed by atoms with Gasteiger partial charge in [0.1, 0.15) is 0 Å². The summed E-state index contributed by atoms with van der Waals surface area (Å²) in [6, 6.07) is 9.68. The Hall–Kier alpha value is -1.22. The molecule has 3 rings (SSSR count). The summed E-state index contributed by atoms with van der Waals surface area (Å²) in [7, 11) is 0. The second-order valence-electron chi connectivity index (χ2n) is 7.38. The summed E-state index contributed by atoms with van der Waals surface area (Å²) in [6.07, 6.45) is 1.81. The van der Waals surface area contributed by atoms with Gasteiger partial charge in [-0.1, -0.05) is 55.1 Å². The molecule has 2 heterocycles. The molecular weight excluding hydrogens is 396 g/mol. The van der Waals surface area contributed by atoms with Crippen LogP contribution in [0.1, 0.15) is 26.7 Å². The molecule has 0 aliphatic carbocycles. The van der Waals surface area contributed by atoms with Crippen molar-refractivity contribution < 1.29 is 9.69 Å². The minimum Gasteiger partial charge on any atom is -0.326 e. The molecule has 8 heteroatoms. The Morgan fingerprint density at radius 3 is 2.74 bits per heavy atom. The Labute approximate surface area is 174 Å². The summed E-state index contributed by atoms with van der Waals surface area (Å²) >= 11 is 8.88. The van der Waals surface area contributed by atoms with Crippen LogP contribution in [0.2, 0.25) is 0 Å². The monoisotopic (exact) mass is 423 g/mol. The predicted molar refractivity (Wildman–Crippen MR) is 115 cm³/mol. The number of amides is 1. The number of para-hydroxylation sites is 1. The first-order chi connectivity index (χ1) is 13.0. The van der Waals surface area contributed by atoms with Gasteiger partial charge >= 0.3 is 0 Å². The lowest BCUT2D eigenvalue weighted by Crippen LogP contribution is -3.12. The molecule has 0 unspecified atom stereocenters. The van der Waals surface area contributed by atoms with Crippen LogP contribution in [0.5, 0.6) is 0 Å². The van der Waals surface area contributed by atoms with Crippen molar-refractivity contribution in [3.8, 4) is 0 Å². The van der Waals surface area contributed by atoms with Crippen LogP contribution in [-0.2, 0) is 11.5 Å². The maximum absolute atomic E-state index is 12.5. The van der Waals surface area contributed by atoms with E-state index in [-0.39, 0.29) is 11.8 Å². The van der Waals surface area contributed by atoms with E-state index in [1.807, 2.05) is 35.0 Å². The number of aromatic nitrogens is 2. The molecule has 0 atom stereocenters. The molecule has 0 spiro atoms. The number of benzene rings is 1. The number of nitrogens with one attached hydrogen (secondary N) is 2. The molecule has 1 aromatic carbocycles. The number of thioether (sulfide) groups is 1. The Bertz CT molecular complexity index is 795. The van der Waals surface area contributed by atoms with E-state index in [2.05, 4.69) is 24.3 Å². The highest BCUT2D eigenvalue weighted by atomic mass is 32.2. The lowest BCUT2D eigenvalue weighted by molar-refractivity contribution is -0.928. The number of nitrogens with zero attached hydrogens (tertiary/aromatic N) is 2. The second kappa shape index (κ2) is 9.82. The predicted octanol–water partition coefficient (Wildman–Crippen LogP) is 3.31. The fourth-order valence-corrected chi connectivity index (χ4v) is 5.42. The summed E-state index contributed by atoms with van der Waals surface area (Å²) in [4.78, 5) is 13.9. The molecule has 0 radical (unpaired) electrons. The van der Waals surface area contributed by atoms with E-state index in [1.54, 1.807) is 23.1 Å². The van der Waals surface area contributed by atoms with Crippen LogP contribution in [0.25, 0.3) is 0 Å². The molecule has 0 saturated carbocycles. The summed E-state index contributed by atoms with van der Waals surface area (Å²) in [5.74, 6) is 1.94. The standard InChI is InChI=1S/C19H26N4OS3/c1-14(2)12-26-18-21-23(19(25)27-18)13-22-10-8-15(9-11-22)17(24)20-16-6-4-3-5-7-16/h3-7,14-15H,8-13H2,1-2H3,(H,20,24)/p+1. The zero-order valence-corrected chi connectivity index (χ0v) is 18.3. The maximum atomic E-state index is 12.5. The van der Waals surface area contributed by atoms with Crippen molar-refractivity contribution in [2.45, 2.75) is 37.7 Å². The van der Waals surface area contributed by atoms with Crippen LogP contribution in [0.4, 0.5) is 5.69 Å². The third kappa shape index (κ3) is 6.14. The van der Waals surface area contributed by atoms with Crippen LogP contribution < -0.4 is 10.2 Å². The van der Waals surface area contributed by atoms with Crippen molar-refractivity contribution in [1.29, 1.82) is 0 Å². The van der Waals surface area contributed by atoms with Crippen molar-refractivity contribution >= 4 is 46.9 Å². The molecule has 5 nitrogen and oxygen atoms in total. The zero-order valence-electron chi connectivity index (χ0n) is 15.8. The number of hydrogen-bond acceptors (Lipinski definition) is 5. The number of piperidine rings is 1. The minimum atomic E-state index is 0.0921. The molecule has 0 bridgehead atoms. The average Bonchev–Trinajstić information content (AvgIpc) is 3.01. The normalized spacial score (nSPS) is 20.0. The van der Waals surface area contributed by atoms with Crippen LogP contribution in [0.15, 0.2) is 34.7 Å². The van der Waals surface area contributed by atoms with E-state index in [0.29, 0.717) is 5.92 Å². The van der Waals surface area contributed by atoms with Gasteiger partial charge in [-0.05, 0) is 30.3 Å². The second-order valence-corrected chi connectivity index (χ2v) is 10.3. The lowest BCUT2D eigenvalue weighted by Gasteiger charge is -2.28. The van der Waals surface area contributed by atoms with Crippen LogP contribution in [0, 0.1) is 15.8 Å². The number of carbonyl (C=O) groups excluding carboxylic acids is 1. The number of quaternary nitrogens is 1. The molecule has 1 aromatic heterocycles. The van der Waals surface area contributed by atoms with Gasteiger partial charge in [0.25, 0.3) is 0 Å². The molecule has 1 aliphatic heterocycles. The van der Waals surface area contributed by atoms with Crippen LogP contribution in [0.3, 0.4) is 0 Å². The first-order valence-electron chi connectivity index (χ1n) is 9.41. The van der Waals surface area contributed by atoms with Gasteiger partial charge in [-0.2, -0.15) is 4.68 Å². The number of anilines is 1. The first-order valence-corrected chi connectivity index (χ1v) is 11.6. The highest BCUT2D eigenvalue weighted by molar-refractivity contribution is 8.01. The van der Waals surface area contributed by atoms with E-state index in [9.17, 15) is 4.79 Å². The van der Waals surface area contributed by atoms with Crippen molar-refractivity contribution in [3.63, 3.8) is 0 Å². The Kier molecular flexibility index (Phi) is 7.46. The van der Waals surface area contributed by atoms with Gasteiger partial charge in [0.05, 0.1) is 13.1 Å². The minimum absolute atomic E-state index is 0.0921. The highest BCUT2D eigenvalue weighted by Gasteiger charge is 2.28. The molecule has 2 aromatic rings. The summed E-state index contributed by atoms with van der Waals surface area (Å²) in [6.45, 7) is 7.17. The molecule has 27 heavy (non-hydrogen) atoms. The van der Waals surface area contributed by atoms with E-state index < -0.39 is 0 Å². The van der Waals surface area contributed by atoms with E-state index >= 15 is 0 Å². The van der Waals surface area contributed by atoms with Gasteiger partial charge in [0, 0.05) is 30.2 Å². The molecular formula is C19H27N4OS3+. The summed E-state index contributed by atoms with van der Waals surface area (Å²) < 4.78 is 3.87. The van der Waals surface area contributed by atoms with Crippen LogP contribution >= 0.6 is 35.3 Å². The number of rotatable bonds is 7. The maximum Gasteiger partial charge on any atom is 0.227 e. The fraction of sp³-hybridized carbons (Fsp3) is 0.526. The molecule has 1 fully saturated rings. The van der Waals surface area contributed by atoms with Crippen molar-refractivity contribution in [2.75, 3.05) is 24.2 Å². The molecule has 1 saturated heterocycles. The zero-order chi connectivity index (χ0) is 19.2. The van der Waals surface area contributed by atoms with Crippen molar-refractivity contribution in [2.24, 2.45) is 11.8 Å². The summed E-state index contributed by atoms with van der Waals surface area (Å²) in [5.41, 5.74) is 0.873. The Balaban J connectivity index is 1.48. The quantitative estimate of drug-likeness (QED) is 0.530. The van der Waals surface area contributed by atoms with E-state index in [4.69, 9.17) is 12.2 Å². The van der Waals surface area contributed by atoms with E-state index in [1.165, 1.54) is 4.90 Å². The van der Waals surface area contributed by atoms with Gasteiger partial charge in [0.2, 0.25) is 5.91 Å². The average molecular weight is 424 g/mol. The largest absolute Gasteiger partial charge is 0.326 e. The molecule has 2 N–H and O–H groups in total. The highest BCUT2D eigenvalue weighted by Crippen LogP contribution is 2.23. The van der Waals surface area contributed by atoms with Gasteiger partial charge in [-0.3, -0.25) is 4.79 Å². The third-order valence-corrected chi connectivity index (χ3v) is 7.47. The molecule has 1 aliphatic rings. The fourth-order valence-electron chi connectivity index (χ4n) is 3.11. The SMILES string of the molecule is CC(C)CSc1nn(C[NH+]2CCC(C(=O)Nc3ccccc3)CC2)c(=S)s1. The van der Waals surface area contributed by atoms with Gasteiger partial charge < -0.3 is 10.2 Å². The number of carbonyl (C=O) groups is 1. The topological polar surface area (TPSA) is 51.4 Å². The Morgan fingerprint density at radius 2 is 2.07 bits per heavy atom. The molecule has 146 valence electrons. The first kappa shape index (κ1) is 20.5. The van der Waals surface area contributed by atoms with E-state index in [0.717, 1.165) is 52.3 Å². The smallest absolute Gasteiger partial charge is 0.227 e. The van der Waals surface area contributed by atoms with Crippen LogP contribution in [-0.4, -0.2) is 34.5 Å².